The van der Waals surface area contributed by atoms with E-state index in [-0.39, 0.29) is 6.61 Å². The van der Waals surface area contributed by atoms with Crippen LogP contribution in [0.4, 0.5) is 5.82 Å². The molecule has 0 aliphatic carbocycles. The van der Waals surface area contributed by atoms with E-state index in [9.17, 15) is 5.11 Å². The molecule has 1 aliphatic rings. The van der Waals surface area contributed by atoms with Crippen LogP contribution in [0.2, 0.25) is 0 Å². The van der Waals surface area contributed by atoms with Crippen molar-refractivity contribution in [3.8, 4) is 11.4 Å². The lowest BCUT2D eigenvalue weighted by Gasteiger charge is -2.17. The summed E-state index contributed by atoms with van der Waals surface area (Å²) in [4.78, 5) is 15.1. The number of allylic oxidation sites excluding steroid dienone is 1. The summed E-state index contributed by atoms with van der Waals surface area (Å²) in [6, 6.07) is 7.95. The Bertz CT molecular complexity index is 1040. The maximum absolute atomic E-state index is 9.39. The van der Waals surface area contributed by atoms with Crippen molar-refractivity contribution in [3.05, 3.63) is 42.4 Å². The molecule has 1 aromatic carbocycles. The van der Waals surface area contributed by atoms with Crippen LogP contribution in [0.1, 0.15) is 12.0 Å². The van der Waals surface area contributed by atoms with Crippen molar-refractivity contribution in [2.45, 2.75) is 6.42 Å². The van der Waals surface area contributed by atoms with E-state index in [2.05, 4.69) is 30.1 Å². The summed E-state index contributed by atoms with van der Waals surface area (Å²) < 4.78 is 0. The Kier molecular flexibility index (Phi) is 5.03. The van der Waals surface area contributed by atoms with E-state index < -0.39 is 0 Å². The number of benzene rings is 1. The van der Waals surface area contributed by atoms with Crippen LogP contribution in [0, 0.1) is 5.92 Å². The van der Waals surface area contributed by atoms with E-state index in [0.717, 1.165) is 58.8 Å². The first-order valence-corrected chi connectivity index (χ1v) is 9.24. The topological polar surface area (TPSA) is 116 Å². The van der Waals surface area contributed by atoms with E-state index >= 15 is 0 Å². The van der Waals surface area contributed by atoms with Crippen LogP contribution in [0.15, 0.2) is 41.8 Å². The summed E-state index contributed by atoms with van der Waals surface area (Å²) in [7, 11) is 1.72. The third-order valence-corrected chi connectivity index (χ3v) is 5.11. The lowest BCUT2D eigenvalue weighted by atomic mass is 10.0. The zero-order valence-corrected chi connectivity index (χ0v) is 15.7. The van der Waals surface area contributed by atoms with Gasteiger partial charge in [-0.3, -0.25) is 10.1 Å². The van der Waals surface area contributed by atoms with Crippen LogP contribution in [0.25, 0.3) is 27.9 Å². The number of hydrogen-bond acceptors (Lipinski definition) is 7. The Hall–Kier alpha value is -3.26. The molecule has 4 rings (SSSR count). The van der Waals surface area contributed by atoms with E-state index in [4.69, 9.17) is 5.73 Å². The third-order valence-electron chi connectivity index (χ3n) is 5.11. The van der Waals surface area contributed by atoms with Gasteiger partial charge < -0.3 is 15.7 Å². The molecule has 28 heavy (non-hydrogen) atoms. The minimum absolute atomic E-state index is 0.208. The molecule has 0 bridgehead atoms. The molecular formula is C20H23N7O. The molecule has 0 radical (unpaired) electrons. The summed E-state index contributed by atoms with van der Waals surface area (Å²) in [6.45, 7) is 1.90. The van der Waals surface area contributed by atoms with Crippen molar-refractivity contribution in [2.75, 3.05) is 31.6 Å². The lowest BCUT2D eigenvalue weighted by Crippen LogP contribution is -2.21. The van der Waals surface area contributed by atoms with Gasteiger partial charge in [-0.05, 0) is 24.1 Å². The first-order valence-electron chi connectivity index (χ1n) is 9.24. The van der Waals surface area contributed by atoms with Crippen molar-refractivity contribution in [1.82, 2.24) is 20.2 Å². The third kappa shape index (κ3) is 3.34. The normalized spacial score (nSPS) is 17.9. The largest absolute Gasteiger partial charge is 0.404 e. The van der Waals surface area contributed by atoms with Crippen LogP contribution < -0.4 is 10.6 Å². The van der Waals surface area contributed by atoms with Crippen LogP contribution in [-0.4, -0.2) is 58.2 Å². The minimum Gasteiger partial charge on any atom is -0.404 e. The molecule has 8 heteroatoms. The summed E-state index contributed by atoms with van der Waals surface area (Å²) in [5.74, 6) is 1.16. The summed E-state index contributed by atoms with van der Waals surface area (Å²) in [5.41, 5.74) is 9.99. The van der Waals surface area contributed by atoms with E-state index in [1.807, 2.05) is 24.3 Å². The molecular weight excluding hydrogens is 354 g/mol. The standard InChI is InChI=1S/C20H23N7O/c1-22-9-15(8-21)14-2-3-17-16(6-14)20(26-25-17)18-7-19(24-12-23-18)27-5-4-13(10-27)11-28/h2-3,6-9,12-13,28H,4-5,10-11,21H2,1H3,(H,25,26)/t13-/m1/s1. The molecule has 1 saturated heterocycles. The molecule has 3 heterocycles. The van der Waals surface area contributed by atoms with Crippen molar-refractivity contribution in [1.29, 1.82) is 0 Å². The fourth-order valence-electron chi connectivity index (χ4n) is 3.58. The Balaban J connectivity index is 1.72. The molecule has 4 N–H and O–H groups in total. The summed E-state index contributed by atoms with van der Waals surface area (Å²) >= 11 is 0. The van der Waals surface area contributed by atoms with Crippen LogP contribution in [0.3, 0.4) is 0 Å². The highest BCUT2D eigenvalue weighted by atomic mass is 16.3. The van der Waals surface area contributed by atoms with Crippen LogP contribution in [-0.2, 0) is 0 Å². The SMILES string of the molecule is CN=CC(=CN)c1ccc2[nH]nc(-c3cc(N4CC[C@@H](CO)C4)ncn3)c2c1. The van der Waals surface area contributed by atoms with Crippen LogP contribution >= 0.6 is 0 Å². The molecule has 3 aromatic rings. The lowest BCUT2D eigenvalue weighted by molar-refractivity contribution is 0.238. The number of fused-ring (bicyclic) bond motifs is 1. The van der Waals surface area contributed by atoms with E-state index in [1.165, 1.54) is 0 Å². The van der Waals surface area contributed by atoms with Gasteiger partial charge in [0.15, 0.2) is 0 Å². The zero-order valence-electron chi connectivity index (χ0n) is 15.7. The Morgan fingerprint density at radius 1 is 1.39 bits per heavy atom. The minimum atomic E-state index is 0.208. The maximum Gasteiger partial charge on any atom is 0.132 e. The highest BCUT2D eigenvalue weighted by molar-refractivity contribution is 6.11. The average Bonchev–Trinajstić information content (AvgIpc) is 3.38. The maximum atomic E-state index is 9.39. The van der Waals surface area contributed by atoms with Crippen molar-refractivity contribution in [2.24, 2.45) is 16.6 Å². The predicted molar refractivity (Wildman–Crippen MR) is 111 cm³/mol. The molecule has 0 amide bonds. The van der Waals surface area contributed by atoms with Gasteiger partial charge in [0.05, 0.1) is 11.2 Å². The van der Waals surface area contributed by atoms with Crippen molar-refractivity contribution < 1.29 is 5.11 Å². The number of nitrogens with zero attached hydrogens (tertiary/aromatic N) is 5. The van der Waals surface area contributed by atoms with E-state index in [1.54, 1.807) is 25.8 Å². The molecule has 0 spiro atoms. The number of aliphatic hydroxyl groups excluding tert-OH is 1. The monoisotopic (exact) mass is 377 g/mol. The van der Waals surface area contributed by atoms with Gasteiger partial charge in [-0.2, -0.15) is 5.10 Å². The molecule has 144 valence electrons. The van der Waals surface area contributed by atoms with Gasteiger partial charge in [0, 0.05) is 62.1 Å². The van der Waals surface area contributed by atoms with Gasteiger partial charge in [0.1, 0.15) is 17.8 Å². The van der Waals surface area contributed by atoms with Gasteiger partial charge in [0.2, 0.25) is 0 Å². The summed E-state index contributed by atoms with van der Waals surface area (Å²) in [5, 5.41) is 17.9. The highest BCUT2D eigenvalue weighted by Crippen LogP contribution is 2.30. The smallest absolute Gasteiger partial charge is 0.132 e. The molecule has 8 nitrogen and oxygen atoms in total. The quantitative estimate of drug-likeness (QED) is 0.584. The number of anilines is 1. The highest BCUT2D eigenvalue weighted by Gasteiger charge is 2.23. The summed E-state index contributed by atoms with van der Waals surface area (Å²) in [6.07, 6.45) is 5.81. The second-order valence-electron chi connectivity index (χ2n) is 6.89. The van der Waals surface area contributed by atoms with Gasteiger partial charge in [-0.25, -0.2) is 9.97 Å². The number of aromatic nitrogens is 4. The second-order valence-corrected chi connectivity index (χ2v) is 6.89. The Labute approximate surface area is 162 Å². The molecule has 1 atom stereocenters. The molecule has 0 unspecified atom stereocenters. The fourth-order valence-corrected chi connectivity index (χ4v) is 3.58. The number of aliphatic hydroxyl groups is 1. The number of rotatable bonds is 5. The molecule has 2 aromatic heterocycles. The predicted octanol–water partition coefficient (Wildman–Crippen LogP) is 1.84. The fraction of sp³-hybridized carbons (Fsp3) is 0.300. The zero-order chi connectivity index (χ0) is 19.5. The number of aliphatic imine (C=N–C) groups is 1. The second kappa shape index (κ2) is 7.77. The van der Waals surface area contributed by atoms with Gasteiger partial charge >= 0.3 is 0 Å². The Morgan fingerprint density at radius 3 is 3.04 bits per heavy atom. The number of aromatic amines is 1. The van der Waals surface area contributed by atoms with Crippen molar-refractivity contribution in [3.63, 3.8) is 0 Å². The molecule has 0 saturated carbocycles. The number of H-pyrrole nitrogens is 1. The number of hydrogen-bond donors (Lipinski definition) is 3. The Morgan fingerprint density at radius 2 is 2.29 bits per heavy atom. The first kappa shape index (κ1) is 18.1. The molecule has 1 aliphatic heterocycles. The first-order chi connectivity index (χ1) is 13.7. The van der Waals surface area contributed by atoms with E-state index in [0.29, 0.717) is 5.92 Å². The average molecular weight is 377 g/mol. The van der Waals surface area contributed by atoms with Crippen molar-refractivity contribution >= 4 is 28.5 Å². The van der Waals surface area contributed by atoms with Gasteiger partial charge in [-0.1, -0.05) is 6.07 Å². The van der Waals surface area contributed by atoms with Crippen LogP contribution in [0.5, 0.6) is 0 Å². The molecule has 1 fully saturated rings. The number of nitrogens with two attached hydrogens (primary N) is 1. The number of nitrogens with one attached hydrogen (secondary N) is 1. The van der Waals surface area contributed by atoms with Gasteiger partial charge in [-0.15, -0.1) is 0 Å². The van der Waals surface area contributed by atoms with Gasteiger partial charge in [0.25, 0.3) is 0 Å².